The molecule has 0 spiro atoms. The lowest BCUT2D eigenvalue weighted by Crippen LogP contribution is -2.63. The van der Waals surface area contributed by atoms with Crippen LogP contribution in [0.3, 0.4) is 0 Å². The molecule has 4 aliphatic rings. The number of hydrogen-bond acceptors (Lipinski definition) is 11. The highest BCUT2D eigenvalue weighted by molar-refractivity contribution is 7.89. The third kappa shape index (κ3) is 8.28. The Bertz CT molecular complexity index is 941. The molecular formula is C23H45N5O8S2. The van der Waals surface area contributed by atoms with Gasteiger partial charge in [-0.1, -0.05) is 0 Å². The Labute approximate surface area is 227 Å². The Hall–Kier alpha value is -0.460. The predicted octanol–water partition coefficient (Wildman–Crippen LogP) is -1.53. The standard InChI is InChI=1S/C23H45N5O8S2/c29-22-2-8-26(9-3-22)23(24-6-11-25-12-16-34-17-13-25,5-10-28-15-19-36-21-38(28,32)33)4-1-7-27-14-18-35-20-37(27,30)31/h22,24,29H,1-21H2. The summed E-state index contributed by atoms with van der Waals surface area (Å²) in [5.41, 5.74) is -0.531. The van der Waals surface area contributed by atoms with Crippen LogP contribution in [0.5, 0.6) is 0 Å². The summed E-state index contributed by atoms with van der Waals surface area (Å²) in [5.74, 6) is -0.579. The molecule has 2 N–H and O–H groups in total. The summed E-state index contributed by atoms with van der Waals surface area (Å²) in [4.78, 5) is 4.70. The lowest BCUT2D eigenvalue weighted by atomic mass is 9.93. The second kappa shape index (κ2) is 13.9. The Balaban J connectivity index is 1.49. The molecule has 0 bridgehead atoms. The normalized spacial score (nSPS) is 28.2. The second-order valence-electron chi connectivity index (χ2n) is 10.6. The molecule has 0 amide bonds. The third-order valence-corrected chi connectivity index (χ3v) is 11.3. The molecule has 1 atom stereocenters. The molecule has 0 aliphatic carbocycles. The zero-order valence-corrected chi connectivity index (χ0v) is 24.0. The van der Waals surface area contributed by atoms with Gasteiger partial charge in [0.25, 0.3) is 0 Å². The highest BCUT2D eigenvalue weighted by Crippen LogP contribution is 2.29. The molecule has 15 heteroatoms. The van der Waals surface area contributed by atoms with Crippen LogP contribution in [0.25, 0.3) is 0 Å². The van der Waals surface area contributed by atoms with Gasteiger partial charge in [0, 0.05) is 65.4 Å². The molecule has 38 heavy (non-hydrogen) atoms. The van der Waals surface area contributed by atoms with Crippen LogP contribution in [0.4, 0.5) is 0 Å². The summed E-state index contributed by atoms with van der Waals surface area (Å²) >= 11 is 0. The van der Waals surface area contributed by atoms with Crippen molar-refractivity contribution in [3.63, 3.8) is 0 Å². The van der Waals surface area contributed by atoms with E-state index in [0.29, 0.717) is 91.1 Å². The number of sulfonamides is 2. The van der Waals surface area contributed by atoms with Gasteiger partial charge in [-0.3, -0.25) is 15.1 Å². The SMILES string of the molecule is O=S1(=O)COCCN1CCCC(CCN1CCOCS1(=O)=O)(NCCN1CCOCC1)N1CCC(O)CC1. The van der Waals surface area contributed by atoms with Gasteiger partial charge in [0.1, 0.15) is 0 Å². The molecular weight excluding hydrogens is 538 g/mol. The van der Waals surface area contributed by atoms with Crippen molar-refractivity contribution < 1.29 is 36.2 Å². The van der Waals surface area contributed by atoms with E-state index in [1.54, 1.807) is 0 Å². The molecule has 0 aromatic rings. The molecule has 4 fully saturated rings. The average molecular weight is 584 g/mol. The topological polar surface area (TPSA) is 141 Å². The van der Waals surface area contributed by atoms with Gasteiger partial charge in [0.2, 0.25) is 20.0 Å². The second-order valence-corrected chi connectivity index (χ2v) is 14.4. The summed E-state index contributed by atoms with van der Waals surface area (Å²) in [7, 11) is -6.90. The molecule has 0 radical (unpaired) electrons. The van der Waals surface area contributed by atoms with Gasteiger partial charge in [-0.25, -0.2) is 16.8 Å². The number of hydrogen-bond donors (Lipinski definition) is 2. The lowest BCUT2D eigenvalue weighted by molar-refractivity contribution is -0.0215. The molecule has 222 valence electrons. The van der Waals surface area contributed by atoms with Crippen molar-refractivity contribution in [2.75, 3.05) is 104 Å². The lowest BCUT2D eigenvalue weighted by Gasteiger charge is -2.49. The van der Waals surface area contributed by atoms with Crippen LogP contribution in [0.15, 0.2) is 0 Å². The van der Waals surface area contributed by atoms with Gasteiger partial charge in [-0.05, 0) is 32.1 Å². The number of piperidine rings is 1. The summed E-state index contributed by atoms with van der Waals surface area (Å²) in [6, 6.07) is 0. The predicted molar refractivity (Wildman–Crippen MR) is 141 cm³/mol. The summed E-state index contributed by atoms with van der Waals surface area (Å²) in [6.07, 6.45) is 2.81. The van der Waals surface area contributed by atoms with Crippen molar-refractivity contribution in [3.05, 3.63) is 0 Å². The number of morpholine rings is 1. The van der Waals surface area contributed by atoms with Crippen molar-refractivity contribution in [2.24, 2.45) is 0 Å². The maximum absolute atomic E-state index is 12.7. The molecule has 4 aliphatic heterocycles. The fraction of sp³-hybridized carbons (Fsp3) is 1.00. The molecule has 0 aromatic carbocycles. The molecule has 4 saturated heterocycles. The van der Waals surface area contributed by atoms with E-state index in [4.69, 9.17) is 14.2 Å². The van der Waals surface area contributed by atoms with Crippen LogP contribution in [-0.2, 0) is 34.3 Å². The van der Waals surface area contributed by atoms with E-state index in [9.17, 15) is 21.9 Å². The third-order valence-electron chi connectivity index (χ3n) is 8.05. The van der Waals surface area contributed by atoms with E-state index in [1.165, 1.54) is 8.61 Å². The van der Waals surface area contributed by atoms with Gasteiger partial charge >= 0.3 is 0 Å². The van der Waals surface area contributed by atoms with Crippen molar-refractivity contribution in [1.29, 1.82) is 0 Å². The smallest absolute Gasteiger partial charge is 0.238 e. The van der Waals surface area contributed by atoms with Crippen LogP contribution in [0, 0.1) is 0 Å². The molecule has 4 heterocycles. The van der Waals surface area contributed by atoms with E-state index in [2.05, 4.69) is 15.1 Å². The minimum Gasteiger partial charge on any atom is -0.393 e. The van der Waals surface area contributed by atoms with Crippen molar-refractivity contribution in [1.82, 2.24) is 23.7 Å². The van der Waals surface area contributed by atoms with E-state index in [0.717, 1.165) is 32.8 Å². The summed E-state index contributed by atoms with van der Waals surface area (Å²) < 4.78 is 69.1. The summed E-state index contributed by atoms with van der Waals surface area (Å²) in [6.45, 7) is 8.33. The Kier molecular flexibility index (Phi) is 11.2. The molecule has 0 saturated carbocycles. The number of nitrogens with zero attached hydrogens (tertiary/aromatic N) is 4. The van der Waals surface area contributed by atoms with Gasteiger partial charge < -0.3 is 19.3 Å². The zero-order chi connectivity index (χ0) is 27.1. The fourth-order valence-electron chi connectivity index (χ4n) is 5.74. The fourth-order valence-corrected chi connectivity index (χ4v) is 8.18. The van der Waals surface area contributed by atoms with Gasteiger partial charge in [0.05, 0.1) is 38.2 Å². The van der Waals surface area contributed by atoms with E-state index >= 15 is 0 Å². The number of likely N-dealkylation sites (tertiary alicyclic amines) is 1. The first kappa shape index (κ1) is 30.5. The Morgan fingerprint density at radius 1 is 0.737 bits per heavy atom. The largest absolute Gasteiger partial charge is 0.393 e. The van der Waals surface area contributed by atoms with Crippen molar-refractivity contribution in [3.8, 4) is 0 Å². The first-order valence-electron chi connectivity index (χ1n) is 13.8. The van der Waals surface area contributed by atoms with Crippen LogP contribution in [0.2, 0.25) is 0 Å². The molecule has 4 rings (SSSR count). The number of nitrogens with one attached hydrogen (secondary N) is 1. The highest BCUT2D eigenvalue weighted by Gasteiger charge is 2.40. The first-order valence-corrected chi connectivity index (χ1v) is 17.0. The number of ether oxygens (including phenoxy) is 3. The van der Waals surface area contributed by atoms with Crippen LogP contribution in [-0.4, -0.2) is 156 Å². The van der Waals surface area contributed by atoms with Crippen molar-refractivity contribution in [2.45, 2.75) is 43.9 Å². The molecule has 13 nitrogen and oxygen atoms in total. The average Bonchev–Trinajstić information content (AvgIpc) is 2.89. The van der Waals surface area contributed by atoms with Crippen LogP contribution < -0.4 is 5.32 Å². The van der Waals surface area contributed by atoms with E-state index in [-0.39, 0.29) is 18.0 Å². The van der Waals surface area contributed by atoms with E-state index < -0.39 is 25.7 Å². The Morgan fingerprint density at radius 3 is 1.92 bits per heavy atom. The zero-order valence-electron chi connectivity index (χ0n) is 22.3. The monoisotopic (exact) mass is 583 g/mol. The maximum Gasteiger partial charge on any atom is 0.238 e. The number of aliphatic hydroxyl groups is 1. The minimum absolute atomic E-state index is 0.283. The van der Waals surface area contributed by atoms with Gasteiger partial charge in [0.15, 0.2) is 11.9 Å². The highest BCUT2D eigenvalue weighted by atomic mass is 32.2. The van der Waals surface area contributed by atoms with E-state index in [1.807, 2.05) is 0 Å². The Morgan fingerprint density at radius 2 is 1.32 bits per heavy atom. The van der Waals surface area contributed by atoms with Gasteiger partial charge in [-0.2, -0.15) is 8.61 Å². The maximum atomic E-state index is 12.7. The first-order chi connectivity index (χ1) is 18.2. The van der Waals surface area contributed by atoms with Gasteiger partial charge in [-0.15, -0.1) is 0 Å². The molecule has 0 aromatic heterocycles. The van der Waals surface area contributed by atoms with Crippen molar-refractivity contribution >= 4 is 20.0 Å². The minimum atomic E-state index is -3.47. The van der Waals surface area contributed by atoms with Crippen LogP contribution in [0.1, 0.15) is 32.1 Å². The quantitative estimate of drug-likeness (QED) is 0.276. The number of rotatable bonds is 12. The summed E-state index contributed by atoms with van der Waals surface area (Å²) in [5, 5.41) is 14.0. The number of aliphatic hydroxyl groups excluding tert-OH is 1. The van der Waals surface area contributed by atoms with Crippen LogP contribution >= 0.6 is 0 Å². The molecule has 1 unspecified atom stereocenters.